The van der Waals surface area contributed by atoms with E-state index in [1.165, 1.54) is 12.2 Å². The first-order chi connectivity index (χ1) is 10.0. The first-order valence-electron chi connectivity index (χ1n) is 7.09. The van der Waals surface area contributed by atoms with E-state index >= 15 is 0 Å². The Bertz CT molecular complexity index is 586. The Morgan fingerprint density at radius 1 is 1.14 bits per heavy atom. The zero-order valence-corrected chi connectivity index (χ0v) is 13.8. The molecule has 0 saturated carbocycles. The minimum absolute atomic E-state index is 0.228. The van der Waals surface area contributed by atoms with Gasteiger partial charge in [0.05, 0.1) is 5.68 Å². The van der Waals surface area contributed by atoms with Gasteiger partial charge in [0.2, 0.25) is 0 Å². The van der Waals surface area contributed by atoms with E-state index in [1.807, 2.05) is 20.8 Å². The fraction of sp³-hybridized carbons (Fsp3) is 0.412. The van der Waals surface area contributed by atoms with Gasteiger partial charge in [-0.25, -0.2) is 4.79 Å². The topological polar surface area (TPSA) is 55.4 Å². The highest BCUT2D eigenvalue weighted by Crippen LogP contribution is 2.22. The highest BCUT2D eigenvalue weighted by Gasteiger charge is 2.33. The van der Waals surface area contributed by atoms with Crippen LogP contribution in [0.1, 0.15) is 40.2 Å². The molecule has 22 heavy (non-hydrogen) atoms. The van der Waals surface area contributed by atoms with Gasteiger partial charge in [-0.05, 0) is 52.8 Å². The quantitative estimate of drug-likeness (QED) is 0.393. The molecule has 0 heterocycles. The molecule has 1 N–H and O–H groups in total. The van der Waals surface area contributed by atoms with Crippen LogP contribution in [0.5, 0.6) is 5.75 Å². The molecule has 0 aliphatic rings. The van der Waals surface area contributed by atoms with Gasteiger partial charge in [-0.2, -0.15) is 0 Å². The summed E-state index contributed by atoms with van der Waals surface area (Å²) in [6, 6.07) is 6.96. The minimum Gasteiger partial charge on any atom is -0.425 e. The third-order valence-electron chi connectivity index (χ3n) is 2.75. The van der Waals surface area contributed by atoms with Crippen molar-refractivity contribution in [1.82, 2.24) is 5.32 Å². The SMILES string of the molecule is [B]C(=O)/C=C\c1ccccc1OC(=O)C(C)(C)NC(C)(C)C. The molecule has 4 nitrogen and oxygen atoms in total. The van der Waals surface area contributed by atoms with Crippen LogP contribution < -0.4 is 10.1 Å². The molecule has 1 rings (SSSR count). The third kappa shape index (κ3) is 5.86. The molecular weight excluding hydrogens is 277 g/mol. The second-order valence-electron chi connectivity index (χ2n) is 6.66. The van der Waals surface area contributed by atoms with E-state index in [-0.39, 0.29) is 5.54 Å². The molecule has 116 valence electrons. The first kappa shape index (κ1) is 18.2. The Morgan fingerprint density at radius 2 is 1.73 bits per heavy atom. The summed E-state index contributed by atoms with van der Waals surface area (Å²) in [7, 11) is 5.09. The van der Waals surface area contributed by atoms with E-state index < -0.39 is 17.2 Å². The lowest BCUT2D eigenvalue weighted by Gasteiger charge is -2.32. The van der Waals surface area contributed by atoms with Crippen LogP contribution in [0.2, 0.25) is 0 Å². The molecule has 0 aliphatic heterocycles. The van der Waals surface area contributed by atoms with Crippen LogP contribution in [0.4, 0.5) is 0 Å². The summed E-state index contributed by atoms with van der Waals surface area (Å²) in [6.45, 7) is 9.47. The first-order valence-corrected chi connectivity index (χ1v) is 7.09. The van der Waals surface area contributed by atoms with E-state index in [9.17, 15) is 9.59 Å². The smallest absolute Gasteiger partial charge is 0.331 e. The molecule has 0 spiro atoms. The van der Waals surface area contributed by atoms with Crippen molar-refractivity contribution in [1.29, 1.82) is 0 Å². The van der Waals surface area contributed by atoms with Gasteiger partial charge in [0.1, 0.15) is 11.3 Å². The molecule has 0 saturated heterocycles. The second-order valence-corrected chi connectivity index (χ2v) is 6.66. The van der Waals surface area contributed by atoms with Gasteiger partial charge < -0.3 is 9.53 Å². The van der Waals surface area contributed by atoms with Gasteiger partial charge in [-0.15, -0.1) is 0 Å². The van der Waals surface area contributed by atoms with Gasteiger partial charge >= 0.3 is 5.97 Å². The van der Waals surface area contributed by atoms with Gasteiger partial charge in [-0.3, -0.25) is 5.32 Å². The molecular formula is C17H22BNO3. The lowest BCUT2D eigenvalue weighted by molar-refractivity contribution is -0.141. The minimum atomic E-state index is -0.848. The van der Waals surface area contributed by atoms with Crippen molar-refractivity contribution in [2.45, 2.75) is 45.7 Å². The molecule has 0 atom stereocenters. The van der Waals surface area contributed by atoms with Gasteiger partial charge in [0.15, 0.2) is 7.85 Å². The number of para-hydroxylation sites is 1. The summed E-state index contributed by atoms with van der Waals surface area (Å²) in [4.78, 5) is 23.2. The van der Waals surface area contributed by atoms with Crippen molar-refractivity contribution >= 4 is 25.6 Å². The van der Waals surface area contributed by atoms with Crippen molar-refractivity contribution < 1.29 is 14.3 Å². The predicted molar refractivity (Wildman–Crippen MR) is 88.8 cm³/mol. The maximum atomic E-state index is 12.4. The van der Waals surface area contributed by atoms with Crippen LogP contribution in [-0.2, 0) is 9.59 Å². The molecule has 0 unspecified atom stereocenters. The van der Waals surface area contributed by atoms with Crippen molar-refractivity contribution in [2.75, 3.05) is 0 Å². The van der Waals surface area contributed by atoms with E-state index in [2.05, 4.69) is 5.32 Å². The van der Waals surface area contributed by atoms with E-state index in [0.717, 1.165) is 0 Å². The number of hydrogen-bond acceptors (Lipinski definition) is 4. The Balaban J connectivity index is 2.95. The molecule has 1 aromatic carbocycles. The van der Waals surface area contributed by atoms with Crippen LogP contribution in [0.25, 0.3) is 6.08 Å². The van der Waals surface area contributed by atoms with Crippen LogP contribution in [0.3, 0.4) is 0 Å². The molecule has 0 aliphatic carbocycles. The van der Waals surface area contributed by atoms with Crippen LogP contribution >= 0.6 is 0 Å². The Kier molecular flexibility index (Phi) is 5.72. The fourth-order valence-corrected chi connectivity index (χ4v) is 2.10. The highest BCUT2D eigenvalue weighted by atomic mass is 16.5. The zero-order chi connectivity index (χ0) is 17.0. The Morgan fingerprint density at radius 3 is 2.27 bits per heavy atom. The van der Waals surface area contributed by atoms with Crippen molar-refractivity contribution in [3.63, 3.8) is 0 Å². The average molecular weight is 299 g/mol. The van der Waals surface area contributed by atoms with Gasteiger partial charge in [0.25, 0.3) is 0 Å². The van der Waals surface area contributed by atoms with Gasteiger partial charge in [0, 0.05) is 11.1 Å². The summed E-state index contributed by atoms with van der Waals surface area (Å²) in [5.74, 6) is -0.0175. The Labute approximate surface area is 133 Å². The van der Waals surface area contributed by atoms with E-state index in [0.29, 0.717) is 11.3 Å². The molecule has 5 heteroatoms. The fourth-order valence-electron chi connectivity index (χ4n) is 2.10. The zero-order valence-electron chi connectivity index (χ0n) is 13.8. The third-order valence-corrected chi connectivity index (χ3v) is 2.75. The predicted octanol–water partition coefficient (Wildman–Crippen LogP) is 2.47. The van der Waals surface area contributed by atoms with Crippen LogP contribution in [0, 0.1) is 0 Å². The van der Waals surface area contributed by atoms with Crippen molar-refractivity contribution in [3.05, 3.63) is 35.9 Å². The number of esters is 1. The molecule has 0 amide bonds. The summed E-state index contributed by atoms with van der Waals surface area (Å²) in [5.41, 5.74) is -1.02. The largest absolute Gasteiger partial charge is 0.425 e. The van der Waals surface area contributed by atoms with E-state index in [4.69, 9.17) is 12.6 Å². The molecule has 0 bridgehead atoms. The highest BCUT2D eigenvalue weighted by molar-refractivity contribution is 6.61. The standard InChI is InChI=1S/C17H22BNO3/c1-16(2,3)19-17(4,5)15(21)22-13-9-7-6-8-12(13)10-11-14(18)20/h6-11,19H,1-5H3/b11-10-. The number of carbonyl (C=O) groups excluding carboxylic acids is 2. The number of nitrogens with one attached hydrogen (secondary N) is 1. The maximum Gasteiger partial charge on any atom is 0.331 e. The average Bonchev–Trinajstić information content (AvgIpc) is 2.34. The molecule has 2 radical (unpaired) electrons. The number of allylic oxidation sites excluding steroid dienone is 1. The van der Waals surface area contributed by atoms with Crippen molar-refractivity contribution in [3.8, 4) is 5.75 Å². The normalized spacial score (nSPS) is 12.4. The van der Waals surface area contributed by atoms with Crippen LogP contribution in [0.15, 0.2) is 30.3 Å². The second kappa shape index (κ2) is 6.92. The molecule has 0 aromatic heterocycles. The van der Waals surface area contributed by atoms with Crippen molar-refractivity contribution in [2.24, 2.45) is 0 Å². The summed E-state index contributed by atoms with van der Waals surface area (Å²) in [5, 5.41) is 3.22. The number of benzene rings is 1. The molecule has 1 aromatic rings. The molecule has 0 fully saturated rings. The van der Waals surface area contributed by atoms with E-state index in [1.54, 1.807) is 38.1 Å². The van der Waals surface area contributed by atoms with Crippen LogP contribution in [-0.4, -0.2) is 30.6 Å². The number of carbonyl (C=O) groups is 2. The summed E-state index contributed by atoms with van der Waals surface area (Å²) in [6.07, 6.45) is 2.75. The monoisotopic (exact) mass is 299 g/mol. The Hall–Kier alpha value is -1.88. The number of hydrogen-bond donors (Lipinski definition) is 1. The number of ether oxygens (including phenoxy) is 1. The summed E-state index contributed by atoms with van der Waals surface area (Å²) >= 11 is 0. The maximum absolute atomic E-state index is 12.4. The van der Waals surface area contributed by atoms with Gasteiger partial charge in [-0.1, -0.05) is 18.2 Å². The lowest BCUT2D eigenvalue weighted by Crippen LogP contribution is -2.56. The summed E-state index contributed by atoms with van der Waals surface area (Å²) < 4.78 is 5.48. The lowest BCUT2D eigenvalue weighted by atomic mass is 9.99. The number of rotatable bonds is 5.